The molecule has 1 saturated carbocycles. The van der Waals surface area contributed by atoms with Gasteiger partial charge in [-0.3, -0.25) is 4.79 Å². The molecule has 5 heteroatoms. The highest BCUT2D eigenvalue weighted by molar-refractivity contribution is 5.80. The lowest BCUT2D eigenvalue weighted by molar-refractivity contribution is -0.134. The predicted molar refractivity (Wildman–Crippen MR) is 85.4 cm³/mol. The number of hydrogen-bond donors (Lipinski definition) is 0. The first kappa shape index (κ1) is 14.3. The number of rotatable bonds is 3. The fourth-order valence-electron chi connectivity index (χ4n) is 3.80. The van der Waals surface area contributed by atoms with E-state index in [2.05, 4.69) is 0 Å². The monoisotopic (exact) mass is 313 g/mol. The lowest BCUT2D eigenvalue weighted by Crippen LogP contribution is -2.38. The normalized spacial score (nSPS) is 23.2. The Bertz CT molecular complexity index is 797. The number of fused-ring (bicyclic) bond motifs is 3. The molecule has 2 fully saturated rings. The first-order valence-electron chi connectivity index (χ1n) is 8.15. The van der Waals surface area contributed by atoms with E-state index in [1.807, 2.05) is 11.0 Å². The molecule has 1 saturated heterocycles. The smallest absolute Gasteiger partial charge is 0.336 e. The number of carbonyl (C=O) groups is 1. The first-order chi connectivity index (χ1) is 11.2. The van der Waals surface area contributed by atoms with Crippen LogP contribution < -0.4 is 10.4 Å². The molecule has 1 aliphatic carbocycles. The minimum Gasteiger partial charge on any atom is -0.484 e. The minimum atomic E-state index is -0.393. The van der Waals surface area contributed by atoms with E-state index in [4.69, 9.17) is 9.15 Å². The van der Waals surface area contributed by atoms with Gasteiger partial charge in [0.2, 0.25) is 0 Å². The molecular weight excluding hydrogens is 294 g/mol. The lowest BCUT2D eigenvalue weighted by atomic mass is 9.90. The molecule has 2 atom stereocenters. The number of likely N-dealkylation sites (tertiary alicyclic amines) is 1. The average molecular weight is 313 g/mol. The van der Waals surface area contributed by atoms with Gasteiger partial charge in [-0.1, -0.05) is 6.42 Å². The molecule has 2 heterocycles. The second kappa shape index (κ2) is 5.72. The summed E-state index contributed by atoms with van der Waals surface area (Å²) in [4.78, 5) is 25.7. The van der Waals surface area contributed by atoms with Crippen LogP contribution in [0.5, 0.6) is 5.75 Å². The number of hydrogen-bond acceptors (Lipinski definition) is 4. The molecule has 0 unspecified atom stereocenters. The molecule has 120 valence electrons. The van der Waals surface area contributed by atoms with Crippen LogP contribution in [0.25, 0.3) is 11.0 Å². The van der Waals surface area contributed by atoms with Crippen LogP contribution in [-0.4, -0.2) is 30.0 Å². The van der Waals surface area contributed by atoms with Crippen molar-refractivity contribution < 1.29 is 13.9 Å². The van der Waals surface area contributed by atoms with Crippen molar-refractivity contribution in [2.75, 3.05) is 13.2 Å². The zero-order valence-electron chi connectivity index (χ0n) is 12.9. The average Bonchev–Trinajstić information content (AvgIpc) is 2.86. The maximum absolute atomic E-state index is 12.4. The molecule has 0 spiro atoms. The molecule has 5 nitrogen and oxygen atoms in total. The first-order valence-corrected chi connectivity index (χ1v) is 8.15. The standard InChI is InChI=1S/C18H19NO4/c20-17(19-10-12-2-1-3-14(19)8-12)11-22-15-6-4-13-5-7-18(21)23-16(13)9-15/h4-7,9,12,14H,1-3,8,10-11H2/t12-,14+/m1/s1. The predicted octanol–water partition coefficient (Wildman–Crippen LogP) is 2.57. The highest BCUT2D eigenvalue weighted by atomic mass is 16.5. The number of nitrogens with zero attached hydrogens (tertiary/aromatic N) is 1. The number of benzene rings is 1. The van der Waals surface area contributed by atoms with Crippen molar-refractivity contribution in [3.63, 3.8) is 0 Å². The molecule has 1 aromatic heterocycles. The summed E-state index contributed by atoms with van der Waals surface area (Å²) in [5.74, 6) is 1.27. The van der Waals surface area contributed by atoms with Gasteiger partial charge in [0.25, 0.3) is 5.91 Å². The van der Waals surface area contributed by atoms with Crippen molar-refractivity contribution in [3.05, 3.63) is 40.8 Å². The zero-order valence-corrected chi connectivity index (χ0v) is 12.9. The quantitative estimate of drug-likeness (QED) is 0.817. The maximum atomic E-state index is 12.4. The molecule has 4 rings (SSSR count). The molecule has 0 N–H and O–H groups in total. The van der Waals surface area contributed by atoms with Gasteiger partial charge in [-0.05, 0) is 43.4 Å². The van der Waals surface area contributed by atoms with E-state index < -0.39 is 5.63 Å². The third-order valence-corrected chi connectivity index (χ3v) is 4.93. The Morgan fingerprint density at radius 2 is 2.13 bits per heavy atom. The minimum absolute atomic E-state index is 0.0335. The number of carbonyl (C=O) groups excluding carboxylic acids is 1. The van der Waals surface area contributed by atoms with E-state index in [1.54, 1.807) is 18.2 Å². The Morgan fingerprint density at radius 3 is 3.00 bits per heavy atom. The summed E-state index contributed by atoms with van der Waals surface area (Å²) < 4.78 is 10.8. The summed E-state index contributed by atoms with van der Waals surface area (Å²) in [6.07, 6.45) is 4.73. The molecular formula is C18H19NO4. The second-order valence-electron chi connectivity index (χ2n) is 6.48. The van der Waals surface area contributed by atoms with E-state index in [0.717, 1.165) is 24.8 Å². The fraction of sp³-hybridized carbons (Fsp3) is 0.444. The summed E-state index contributed by atoms with van der Waals surface area (Å²) in [6.45, 7) is 0.908. The van der Waals surface area contributed by atoms with Crippen LogP contribution in [0.3, 0.4) is 0 Å². The fourth-order valence-corrected chi connectivity index (χ4v) is 3.80. The Labute approximate surface area is 133 Å². The van der Waals surface area contributed by atoms with Crippen LogP contribution in [0.1, 0.15) is 25.7 Å². The number of amides is 1. The highest BCUT2D eigenvalue weighted by Crippen LogP contribution is 2.35. The largest absolute Gasteiger partial charge is 0.484 e. The van der Waals surface area contributed by atoms with Crippen molar-refractivity contribution in [3.8, 4) is 5.75 Å². The SMILES string of the molecule is O=C(COc1ccc2ccc(=O)oc2c1)N1C[C@@H]2CCC[C@H]1C2. The van der Waals surface area contributed by atoms with Gasteiger partial charge >= 0.3 is 5.63 Å². The van der Waals surface area contributed by atoms with Crippen LogP contribution in [-0.2, 0) is 4.79 Å². The Morgan fingerprint density at radius 1 is 1.26 bits per heavy atom. The van der Waals surface area contributed by atoms with Crippen LogP contribution in [0.4, 0.5) is 0 Å². The van der Waals surface area contributed by atoms with E-state index in [-0.39, 0.29) is 12.5 Å². The molecule has 2 aliphatic rings. The van der Waals surface area contributed by atoms with Crippen LogP contribution >= 0.6 is 0 Å². The Balaban J connectivity index is 1.44. The lowest BCUT2D eigenvalue weighted by Gasteiger charge is -2.24. The van der Waals surface area contributed by atoms with Crippen molar-refractivity contribution >= 4 is 16.9 Å². The van der Waals surface area contributed by atoms with Gasteiger partial charge in [0.1, 0.15) is 11.3 Å². The van der Waals surface area contributed by atoms with Crippen molar-refractivity contribution in [1.29, 1.82) is 0 Å². The van der Waals surface area contributed by atoms with E-state index in [9.17, 15) is 9.59 Å². The Kier molecular flexibility index (Phi) is 3.56. The summed E-state index contributed by atoms with van der Waals surface area (Å²) in [5.41, 5.74) is 0.0783. The van der Waals surface area contributed by atoms with Crippen LogP contribution in [0.2, 0.25) is 0 Å². The Hall–Kier alpha value is -2.30. The van der Waals surface area contributed by atoms with E-state index in [1.165, 1.54) is 18.9 Å². The third-order valence-electron chi connectivity index (χ3n) is 4.93. The molecule has 1 amide bonds. The summed E-state index contributed by atoms with van der Waals surface area (Å²) in [7, 11) is 0. The van der Waals surface area contributed by atoms with Crippen molar-refractivity contribution in [2.45, 2.75) is 31.7 Å². The molecule has 1 aliphatic heterocycles. The summed E-state index contributed by atoms with van der Waals surface area (Å²) in [5, 5.41) is 0.830. The van der Waals surface area contributed by atoms with Gasteiger partial charge in [0.05, 0.1) is 0 Å². The zero-order chi connectivity index (χ0) is 15.8. The van der Waals surface area contributed by atoms with Crippen molar-refractivity contribution in [2.24, 2.45) is 5.92 Å². The molecule has 1 aromatic carbocycles. The van der Waals surface area contributed by atoms with Gasteiger partial charge in [-0.15, -0.1) is 0 Å². The van der Waals surface area contributed by atoms with Crippen LogP contribution in [0, 0.1) is 5.92 Å². The van der Waals surface area contributed by atoms with E-state index in [0.29, 0.717) is 23.3 Å². The van der Waals surface area contributed by atoms with Crippen LogP contribution in [0.15, 0.2) is 39.5 Å². The van der Waals surface area contributed by atoms with Gasteiger partial charge in [-0.25, -0.2) is 4.79 Å². The summed E-state index contributed by atoms with van der Waals surface area (Å²) >= 11 is 0. The molecule has 23 heavy (non-hydrogen) atoms. The topological polar surface area (TPSA) is 59.8 Å². The highest BCUT2D eigenvalue weighted by Gasteiger charge is 2.37. The van der Waals surface area contributed by atoms with Gasteiger partial charge in [0, 0.05) is 30.1 Å². The van der Waals surface area contributed by atoms with Gasteiger partial charge in [0.15, 0.2) is 6.61 Å². The molecule has 2 bridgehead atoms. The van der Waals surface area contributed by atoms with Gasteiger partial charge < -0.3 is 14.1 Å². The third kappa shape index (κ3) is 2.83. The van der Waals surface area contributed by atoms with Gasteiger partial charge in [-0.2, -0.15) is 0 Å². The molecule has 0 radical (unpaired) electrons. The maximum Gasteiger partial charge on any atom is 0.336 e. The van der Waals surface area contributed by atoms with E-state index >= 15 is 0 Å². The molecule has 2 aromatic rings. The number of ether oxygens (including phenoxy) is 1. The van der Waals surface area contributed by atoms with Crippen molar-refractivity contribution in [1.82, 2.24) is 4.90 Å². The summed E-state index contributed by atoms with van der Waals surface area (Å²) in [6, 6.07) is 8.77. The second-order valence-corrected chi connectivity index (χ2v) is 6.48.